The number of allylic oxidation sites excluding steroid dienone is 3. The van der Waals surface area contributed by atoms with Crippen LogP contribution in [0.3, 0.4) is 0 Å². The van der Waals surface area contributed by atoms with Gasteiger partial charge in [0.2, 0.25) is 0 Å². The van der Waals surface area contributed by atoms with Gasteiger partial charge in [-0.15, -0.1) is 0 Å². The van der Waals surface area contributed by atoms with Crippen molar-refractivity contribution in [2.75, 3.05) is 20.2 Å². The van der Waals surface area contributed by atoms with Crippen LogP contribution >= 0.6 is 0 Å². The van der Waals surface area contributed by atoms with Crippen molar-refractivity contribution < 1.29 is 40.2 Å². The molecule has 230 valence electrons. The van der Waals surface area contributed by atoms with Gasteiger partial charge in [-0.3, -0.25) is 4.79 Å². The summed E-state index contributed by atoms with van der Waals surface area (Å²) in [5.41, 5.74) is 0.703. The van der Waals surface area contributed by atoms with Crippen molar-refractivity contribution in [3.63, 3.8) is 0 Å². The van der Waals surface area contributed by atoms with Crippen LogP contribution in [-0.4, -0.2) is 89.6 Å². The third-order valence-electron chi connectivity index (χ3n) is 8.83. The molecule has 3 fully saturated rings. The lowest BCUT2D eigenvalue weighted by Crippen LogP contribution is -2.48. The highest BCUT2D eigenvalue weighted by atomic mass is 16.6. The fourth-order valence-electron chi connectivity index (χ4n) is 6.65. The molecule has 0 aromatic carbocycles. The predicted molar refractivity (Wildman–Crippen MR) is 154 cm³/mol. The molecule has 3 aliphatic heterocycles. The molecule has 3 heterocycles. The van der Waals surface area contributed by atoms with Gasteiger partial charge in [0.15, 0.2) is 0 Å². The first-order chi connectivity index (χ1) is 18.9. The fourth-order valence-corrected chi connectivity index (χ4v) is 6.65. The van der Waals surface area contributed by atoms with Gasteiger partial charge in [-0.1, -0.05) is 39.0 Å². The van der Waals surface area contributed by atoms with Crippen LogP contribution in [-0.2, 0) is 23.7 Å². The van der Waals surface area contributed by atoms with Gasteiger partial charge in [0.05, 0.1) is 42.5 Å². The van der Waals surface area contributed by atoms with Crippen LogP contribution < -0.4 is 0 Å². The number of carbonyl (C=O) groups is 2. The molecule has 3 saturated heterocycles. The monoisotopic (exact) mass is 567 g/mol. The number of nitrogens with zero attached hydrogens (tertiary/aromatic N) is 1. The van der Waals surface area contributed by atoms with Crippen molar-refractivity contribution >= 4 is 12.1 Å². The summed E-state index contributed by atoms with van der Waals surface area (Å²) in [4.78, 5) is 26.1. The molecule has 0 unspecified atom stereocenters. The Morgan fingerprint density at radius 3 is 2.48 bits per heavy atom. The number of piperidine rings is 1. The maximum Gasteiger partial charge on any atom is 0.410 e. The van der Waals surface area contributed by atoms with E-state index in [-0.39, 0.29) is 55.6 Å². The Bertz CT molecular complexity index is 920. The van der Waals surface area contributed by atoms with E-state index in [1.165, 1.54) is 0 Å². The summed E-state index contributed by atoms with van der Waals surface area (Å²) >= 11 is 0. The Hall–Kier alpha value is -1.94. The smallest absolute Gasteiger partial charge is 0.410 e. The van der Waals surface area contributed by atoms with Crippen molar-refractivity contribution in [2.45, 2.75) is 122 Å². The maximum atomic E-state index is 12.8. The number of carboxylic acids is 1. The zero-order valence-electron chi connectivity index (χ0n) is 25.4. The maximum absolute atomic E-state index is 12.8. The largest absolute Gasteiger partial charge is 0.481 e. The molecule has 0 bridgehead atoms. The predicted octanol–water partition coefficient (Wildman–Crippen LogP) is 5.21. The summed E-state index contributed by atoms with van der Waals surface area (Å²) in [6.07, 6.45) is 7.95. The Balaban J connectivity index is 0.00000588. The molecular weight excluding hydrogens is 514 g/mol. The highest BCUT2D eigenvalue weighted by Crippen LogP contribution is 2.47. The summed E-state index contributed by atoms with van der Waals surface area (Å²) in [7, 11) is 1.62. The fraction of sp³-hybridized carbons (Fsp3) is 0.806. The molecule has 3 aliphatic rings. The normalized spacial score (nSPS) is 34.2. The molecule has 0 saturated carbocycles. The quantitative estimate of drug-likeness (QED) is 0.244. The third-order valence-corrected chi connectivity index (χ3v) is 8.83. The van der Waals surface area contributed by atoms with Gasteiger partial charge in [-0.2, -0.15) is 0 Å². The number of epoxide rings is 1. The second-order valence-electron chi connectivity index (χ2n) is 12.5. The lowest BCUT2D eigenvalue weighted by atomic mass is 9.85. The molecule has 9 nitrogen and oxygen atoms in total. The van der Waals surface area contributed by atoms with E-state index in [0.29, 0.717) is 19.5 Å². The molecule has 0 aromatic rings. The van der Waals surface area contributed by atoms with E-state index in [4.69, 9.17) is 18.9 Å². The molecule has 3 rings (SSSR count). The van der Waals surface area contributed by atoms with Crippen molar-refractivity contribution in [2.24, 2.45) is 17.8 Å². The van der Waals surface area contributed by atoms with Gasteiger partial charge in [-0.25, -0.2) is 4.79 Å². The van der Waals surface area contributed by atoms with Crippen LogP contribution in [0.5, 0.6) is 0 Å². The second-order valence-corrected chi connectivity index (χ2v) is 12.5. The van der Waals surface area contributed by atoms with E-state index in [0.717, 1.165) is 31.3 Å². The van der Waals surface area contributed by atoms with Crippen LogP contribution in [0.4, 0.5) is 4.79 Å². The zero-order valence-corrected chi connectivity index (χ0v) is 25.4. The zero-order chi connectivity index (χ0) is 29.6. The van der Waals surface area contributed by atoms with Crippen LogP contribution in [0.1, 0.15) is 81.5 Å². The van der Waals surface area contributed by atoms with Gasteiger partial charge in [0, 0.05) is 39.9 Å². The van der Waals surface area contributed by atoms with Crippen molar-refractivity contribution in [1.29, 1.82) is 0 Å². The number of aliphatic carboxylic acids is 1. The summed E-state index contributed by atoms with van der Waals surface area (Å²) in [6.45, 7) is 13.5. The number of hydrogen-bond donors (Lipinski definition) is 2. The number of carboxylic acid groups (broad SMARTS) is 1. The highest BCUT2D eigenvalue weighted by Gasteiger charge is 2.56. The lowest BCUT2D eigenvalue weighted by Gasteiger charge is -2.41. The standard InChI is InChI=1S/C31H51NO8.H2/c1-19(18-31(6)29(40-31)22(4)28(37-7)23(5)33)12-11-13-20(2)27-21(3)25(16-24(38-27)17-26(34)35)39-30(36)32-14-9-8-10-15-32;/h11-13,19,21-25,27-29,33H,8-10,14-18H2,1-7H3,(H,34,35);1H/b12-11+,20-13+;/t19-,21+,22-,23-,24-,25-,27-,28-,29-,31-;/m1./s1. The van der Waals surface area contributed by atoms with E-state index >= 15 is 0 Å². The number of rotatable bonds is 12. The molecule has 0 spiro atoms. The Labute approximate surface area is 241 Å². The topological polar surface area (TPSA) is 118 Å². The summed E-state index contributed by atoms with van der Waals surface area (Å²) in [5.74, 6) is -0.705. The van der Waals surface area contributed by atoms with Crippen molar-refractivity contribution in [3.05, 3.63) is 23.8 Å². The number of ether oxygens (including phenoxy) is 4. The van der Waals surface area contributed by atoms with Gasteiger partial charge < -0.3 is 34.1 Å². The van der Waals surface area contributed by atoms with Crippen LogP contribution in [0.15, 0.2) is 23.8 Å². The van der Waals surface area contributed by atoms with E-state index in [1.807, 2.05) is 26.0 Å². The number of hydrogen-bond acceptors (Lipinski definition) is 7. The van der Waals surface area contributed by atoms with Gasteiger partial charge in [-0.05, 0) is 57.9 Å². The minimum atomic E-state index is -0.927. The first-order valence-electron chi connectivity index (χ1n) is 14.9. The number of amides is 1. The average Bonchev–Trinajstić information content (AvgIpc) is 3.56. The Morgan fingerprint density at radius 2 is 1.88 bits per heavy atom. The SMILES string of the molecule is CO[C@H]([C@@H](C)[C@H]1O[C@]1(C)C[C@H](C)/C=C/C=C(\C)[C@H]1O[C@@H](CC(=O)O)C[C@@H](OC(=O)N2CCCCC2)[C@@H]1C)[C@@H](C)O.[HH]. The van der Waals surface area contributed by atoms with Crippen molar-refractivity contribution in [1.82, 2.24) is 4.90 Å². The van der Waals surface area contributed by atoms with Crippen LogP contribution in [0, 0.1) is 17.8 Å². The van der Waals surface area contributed by atoms with E-state index in [2.05, 4.69) is 26.8 Å². The van der Waals surface area contributed by atoms with E-state index in [1.54, 1.807) is 18.9 Å². The minimum absolute atomic E-state index is 0. The summed E-state index contributed by atoms with van der Waals surface area (Å²) < 4.78 is 23.7. The van der Waals surface area contributed by atoms with Gasteiger partial charge in [0.25, 0.3) is 0 Å². The van der Waals surface area contributed by atoms with E-state index < -0.39 is 24.3 Å². The van der Waals surface area contributed by atoms with Crippen molar-refractivity contribution in [3.8, 4) is 0 Å². The molecule has 2 N–H and O–H groups in total. The Kier molecular flexibility index (Phi) is 11.6. The number of carbonyl (C=O) groups excluding carboxylic acids is 1. The number of likely N-dealkylation sites (tertiary alicyclic amines) is 1. The van der Waals surface area contributed by atoms with Crippen LogP contribution in [0.2, 0.25) is 0 Å². The molecule has 0 aromatic heterocycles. The molecule has 0 radical (unpaired) electrons. The highest BCUT2D eigenvalue weighted by molar-refractivity contribution is 5.68. The molecule has 10 atom stereocenters. The summed E-state index contributed by atoms with van der Waals surface area (Å²) in [5, 5.41) is 19.4. The molecular formula is C31H53NO8. The molecule has 1 amide bonds. The van der Waals surface area contributed by atoms with Gasteiger partial charge in [0.1, 0.15) is 6.10 Å². The second kappa shape index (κ2) is 14.3. The third kappa shape index (κ3) is 8.54. The number of aliphatic hydroxyl groups excluding tert-OH is 1. The lowest BCUT2D eigenvalue weighted by molar-refractivity contribution is -0.151. The molecule has 0 aliphatic carbocycles. The van der Waals surface area contributed by atoms with Crippen LogP contribution in [0.25, 0.3) is 0 Å². The number of aliphatic hydroxyl groups is 1. The summed E-state index contributed by atoms with van der Waals surface area (Å²) in [6, 6.07) is 0. The van der Waals surface area contributed by atoms with E-state index in [9.17, 15) is 19.8 Å². The number of methoxy groups -OCH3 is 1. The Morgan fingerprint density at radius 1 is 1.20 bits per heavy atom. The first-order valence-corrected chi connectivity index (χ1v) is 14.9. The first kappa shape index (κ1) is 32.6. The molecule has 9 heteroatoms. The van der Waals surface area contributed by atoms with Gasteiger partial charge >= 0.3 is 12.1 Å². The minimum Gasteiger partial charge on any atom is -0.481 e. The molecule has 40 heavy (non-hydrogen) atoms. The average molecular weight is 568 g/mol.